The zero-order chi connectivity index (χ0) is 11.9. The number of rotatable bonds is 2. The molecule has 0 fully saturated rings. The summed E-state index contributed by atoms with van der Waals surface area (Å²) in [6.07, 6.45) is 17.5. The fourth-order valence-corrected chi connectivity index (χ4v) is 2.83. The van der Waals surface area contributed by atoms with E-state index in [9.17, 15) is 4.79 Å². The maximum atomic E-state index is 12.4. The molecule has 2 aliphatic rings. The third-order valence-corrected chi connectivity index (χ3v) is 3.92. The Kier molecular flexibility index (Phi) is 5.03. The first kappa shape index (κ1) is 12.6. The molecule has 0 heterocycles. The van der Waals surface area contributed by atoms with Gasteiger partial charge in [0.1, 0.15) is 0 Å². The predicted octanol–water partition coefficient (Wildman–Crippen LogP) is 4.73. The van der Waals surface area contributed by atoms with Crippen molar-refractivity contribution in [3.8, 4) is 0 Å². The summed E-state index contributed by atoms with van der Waals surface area (Å²) >= 11 is 0. The van der Waals surface area contributed by atoms with E-state index >= 15 is 0 Å². The minimum absolute atomic E-state index is 0.369. The van der Waals surface area contributed by atoms with Crippen LogP contribution >= 0.6 is 0 Å². The van der Waals surface area contributed by atoms with Gasteiger partial charge in [-0.3, -0.25) is 4.79 Å². The highest BCUT2D eigenvalue weighted by Crippen LogP contribution is 2.24. The lowest BCUT2D eigenvalue weighted by molar-refractivity contribution is -0.112. The Labute approximate surface area is 105 Å². The summed E-state index contributed by atoms with van der Waals surface area (Å²) in [5.74, 6) is 0.369. The molecule has 0 spiro atoms. The minimum Gasteiger partial charge on any atom is -0.289 e. The summed E-state index contributed by atoms with van der Waals surface area (Å²) in [4.78, 5) is 12.4. The molecule has 0 saturated heterocycles. The molecule has 0 atom stereocenters. The van der Waals surface area contributed by atoms with E-state index < -0.39 is 0 Å². The molecule has 0 amide bonds. The molecule has 0 aromatic rings. The van der Waals surface area contributed by atoms with Gasteiger partial charge in [-0.25, -0.2) is 0 Å². The fourth-order valence-electron chi connectivity index (χ4n) is 2.83. The topological polar surface area (TPSA) is 17.1 Å². The summed E-state index contributed by atoms with van der Waals surface area (Å²) in [6.45, 7) is 0. The highest BCUT2D eigenvalue weighted by Gasteiger charge is 2.16. The Balaban J connectivity index is 2.03. The Bertz CT molecular complexity index is 322. The standard InChI is InChI=1S/C16H24O/c17-16(15-12-8-4-5-9-13-15)14-10-6-2-1-3-7-11-14/h10,12H,1-9,11,13H2. The van der Waals surface area contributed by atoms with Crippen molar-refractivity contribution in [2.75, 3.05) is 0 Å². The van der Waals surface area contributed by atoms with Crippen LogP contribution < -0.4 is 0 Å². The SMILES string of the molecule is O=C(C1=CCCCCC1)C1=CCCCCCC1. The van der Waals surface area contributed by atoms with Gasteiger partial charge in [-0.2, -0.15) is 0 Å². The first-order valence-electron chi connectivity index (χ1n) is 7.31. The van der Waals surface area contributed by atoms with Gasteiger partial charge < -0.3 is 0 Å². The van der Waals surface area contributed by atoms with Crippen LogP contribution in [0.5, 0.6) is 0 Å². The van der Waals surface area contributed by atoms with Gasteiger partial charge in [0.05, 0.1) is 0 Å². The highest BCUT2D eigenvalue weighted by atomic mass is 16.1. The van der Waals surface area contributed by atoms with Gasteiger partial charge in [-0.1, -0.05) is 31.4 Å². The largest absolute Gasteiger partial charge is 0.289 e. The predicted molar refractivity (Wildman–Crippen MR) is 72.0 cm³/mol. The quantitative estimate of drug-likeness (QED) is 0.673. The van der Waals surface area contributed by atoms with Crippen LogP contribution in [-0.4, -0.2) is 5.78 Å². The average Bonchev–Trinajstić information content (AvgIpc) is 2.56. The Morgan fingerprint density at radius 3 is 1.76 bits per heavy atom. The number of allylic oxidation sites excluding steroid dienone is 4. The molecule has 0 N–H and O–H groups in total. The van der Waals surface area contributed by atoms with Gasteiger partial charge >= 0.3 is 0 Å². The molecule has 1 heteroatoms. The van der Waals surface area contributed by atoms with E-state index in [1.807, 2.05) is 0 Å². The van der Waals surface area contributed by atoms with E-state index in [0.29, 0.717) is 5.78 Å². The van der Waals surface area contributed by atoms with Crippen LogP contribution in [0.15, 0.2) is 23.3 Å². The molecular weight excluding hydrogens is 208 g/mol. The molecule has 2 aliphatic carbocycles. The van der Waals surface area contributed by atoms with E-state index in [-0.39, 0.29) is 0 Å². The molecule has 0 aromatic heterocycles. The van der Waals surface area contributed by atoms with Gasteiger partial charge in [0.2, 0.25) is 0 Å². The van der Waals surface area contributed by atoms with Crippen LogP contribution in [0.3, 0.4) is 0 Å². The molecule has 0 saturated carbocycles. The lowest BCUT2D eigenvalue weighted by atomic mass is 9.92. The van der Waals surface area contributed by atoms with Crippen molar-refractivity contribution in [1.29, 1.82) is 0 Å². The number of carbonyl (C=O) groups is 1. The van der Waals surface area contributed by atoms with Gasteiger partial charge in [0, 0.05) is 0 Å². The van der Waals surface area contributed by atoms with Crippen molar-refractivity contribution in [2.24, 2.45) is 0 Å². The normalized spacial score (nSPS) is 22.8. The molecule has 0 bridgehead atoms. The number of hydrogen-bond acceptors (Lipinski definition) is 1. The molecule has 2 rings (SSSR count). The van der Waals surface area contributed by atoms with E-state index in [2.05, 4.69) is 12.2 Å². The summed E-state index contributed by atoms with van der Waals surface area (Å²) < 4.78 is 0. The number of Topliss-reactive ketones (excluding diaryl/α,β-unsaturated/α-hetero) is 1. The van der Waals surface area contributed by atoms with E-state index in [1.54, 1.807) is 0 Å². The third kappa shape index (κ3) is 3.83. The maximum absolute atomic E-state index is 12.4. The zero-order valence-electron chi connectivity index (χ0n) is 10.8. The van der Waals surface area contributed by atoms with Crippen molar-refractivity contribution >= 4 is 5.78 Å². The first-order valence-corrected chi connectivity index (χ1v) is 7.31. The van der Waals surface area contributed by atoms with Crippen molar-refractivity contribution < 1.29 is 4.79 Å². The molecule has 0 unspecified atom stereocenters. The second-order valence-electron chi connectivity index (χ2n) is 5.34. The molecule has 1 nitrogen and oxygen atoms in total. The second kappa shape index (κ2) is 6.78. The molecule has 0 aliphatic heterocycles. The maximum Gasteiger partial charge on any atom is 0.184 e. The summed E-state index contributed by atoms with van der Waals surface area (Å²) in [5, 5.41) is 0. The summed E-state index contributed by atoms with van der Waals surface area (Å²) in [6, 6.07) is 0. The molecule has 17 heavy (non-hydrogen) atoms. The van der Waals surface area contributed by atoms with Crippen LogP contribution in [0.25, 0.3) is 0 Å². The van der Waals surface area contributed by atoms with Crippen LogP contribution in [0.4, 0.5) is 0 Å². The molecule has 0 aromatic carbocycles. The van der Waals surface area contributed by atoms with Gasteiger partial charge in [0.15, 0.2) is 5.78 Å². The van der Waals surface area contributed by atoms with Crippen LogP contribution in [0.2, 0.25) is 0 Å². The van der Waals surface area contributed by atoms with E-state index in [1.165, 1.54) is 44.9 Å². The molecule has 94 valence electrons. The Hall–Kier alpha value is -0.850. The van der Waals surface area contributed by atoms with Crippen molar-refractivity contribution in [3.63, 3.8) is 0 Å². The van der Waals surface area contributed by atoms with Crippen LogP contribution in [0.1, 0.15) is 70.6 Å². The van der Waals surface area contributed by atoms with E-state index in [4.69, 9.17) is 0 Å². The van der Waals surface area contributed by atoms with Gasteiger partial charge in [0.25, 0.3) is 0 Å². The Morgan fingerprint density at radius 1 is 0.706 bits per heavy atom. The summed E-state index contributed by atoms with van der Waals surface area (Å²) in [5.41, 5.74) is 2.21. The lowest BCUT2D eigenvalue weighted by Gasteiger charge is -2.12. The van der Waals surface area contributed by atoms with Crippen LogP contribution in [0, 0.1) is 0 Å². The van der Waals surface area contributed by atoms with Crippen molar-refractivity contribution in [3.05, 3.63) is 23.3 Å². The Morgan fingerprint density at radius 2 is 1.18 bits per heavy atom. The molecule has 0 radical (unpaired) electrons. The third-order valence-electron chi connectivity index (χ3n) is 3.92. The highest BCUT2D eigenvalue weighted by molar-refractivity contribution is 6.08. The monoisotopic (exact) mass is 232 g/mol. The van der Waals surface area contributed by atoms with E-state index in [0.717, 1.165) is 36.8 Å². The van der Waals surface area contributed by atoms with Gasteiger partial charge in [-0.15, -0.1) is 0 Å². The average molecular weight is 232 g/mol. The fraction of sp³-hybridized carbons (Fsp3) is 0.688. The summed E-state index contributed by atoms with van der Waals surface area (Å²) in [7, 11) is 0. The molecular formula is C16H24O. The smallest absolute Gasteiger partial charge is 0.184 e. The zero-order valence-corrected chi connectivity index (χ0v) is 10.8. The number of hydrogen-bond donors (Lipinski definition) is 0. The van der Waals surface area contributed by atoms with Crippen molar-refractivity contribution in [1.82, 2.24) is 0 Å². The van der Waals surface area contributed by atoms with Crippen molar-refractivity contribution in [2.45, 2.75) is 70.6 Å². The lowest BCUT2D eigenvalue weighted by Crippen LogP contribution is -2.07. The number of carbonyl (C=O) groups excluding carboxylic acids is 1. The minimum atomic E-state index is 0.369. The number of ketones is 1. The second-order valence-corrected chi connectivity index (χ2v) is 5.34. The van der Waals surface area contributed by atoms with Crippen LogP contribution in [-0.2, 0) is 4.79 Å². The van der Waals surface area contributed by atoms with Gasteiger partial charge in [-0.05, 0) is 62.5 Å². The first-order chi connectivity index (χ1) is 8.38.